The summed E-state index contributed by atoms with van der Waals surface area (Å²) in [5.41, 5.74) is 3.46. The predicted molar refractivity (Wildman–Crippen MR) is 92.4 cm³/mol. The van der Waals surface area contributed by atoms with Gasteiger partial charge in [-0.25, -0.2) is 0 Å². The number of non-ortho nitro benzene ring substituents is 1. The van der Waals surface area contributed by atoms with Crippen molar-refractivity contribution in [2.24, 2.45) is 5.92 Å². The van der Waals surface area contributed by atoms with Gasteiger partial charge < -0.3 is 10.1 Å². The molecule has 0 saturated carbocycles. The first-order chi connectivity index (χ1) is 11.7. The third-order valence-electron chi connectivity index (χ3n) is 5.04. The van der Waals surface area contributed by atoms with Crippen molar-refractivity contribution in [3.63, 3.8) is 0 Å². The van der Waals surface area contributed by atoms with Gasteiger partial charge in [-0.15, -0.1) is 0 Å². The molecule has 2 aromatic carbocycles. The van der Waals surface area contributed by atoms with Crippen molar-refractivity contribution in [2.75, 3.05) is 12.4 Å². The maximum atomic E-state index is 10.9. The van der Waals surface area contributed by atoms with Crippen LogP contribution >= 0.6 is 0 Å². The minimum absolute atomic E-state index is 0.106. The van der Waals surface area contributed by atoms with Crippen LogP contribution in [0.15, 0.2) is 54.6 Å². The van der Waals surface area contributed by atoms with E-state index in [1.54, 1.807) is 19.2 Å². The Bertz CT molecular complexity index is 814. The fraction of sp³-hybridized carbons (Fsp3) is 0.263. The normalized spacial score (nSPS) is 24.0. The molecule has 0 radical (unpaired) electrons. The number of ether oxygens (including phenoxy) is 1. The van der Waals surface area contributed by atoms with Gasteiger partial charge in [0.2, 0.25) is 0 Å². The lowest BCUT2D eigenvalue weighted by Gasteiger charge is -2.38. The third kappa shape index (κ3) is 2.24. The molecule has 1 aliphatic carbocycles. The van der Waals surface area contributed by atoms with E-state index in [0.29, 0.717) is 11.8 Å². The van der Waals surface area contributed by atoms with E-state index in [4.69, 9.17) is 4.74 Å². The van der Waals surface area contributed by atoms with E-state index in [-0.39, 0.29) is 16.7 Å². The number of nitrogens with zero attached hydrogens (tertiary/aromatic N) is 1. The number of nitrogens with one attached hydrogen (secondary N) is 1. The van der Waals surface area contributed by atoms with Crippen molar-refractivity contribution in [1.29, 1.82) is 0 Å². The van der Waals surface area contributed by atoms with Crippen LogP contribution in [0.4, 0.5) is 11.4 Å². The quantitative estimate of drug-likeness (QED) is 0.516. The molecule has 1 heterocycles. The summed E-state index contributed by atoms with van der Waals surface area (Å²) in [5.74, 6) is 1.58. The smallest absolute Gasteiger partial charge is 0.269 e. The van der Waals surface area contributed by atoms with Crippen LogP contribution in [0.1, 0.15) is 29.5 Å². The van der Waals surface area contributed by atoms with Crippen LogP contribution in [0.3, 0.4) is 0 Å². The van der Waals surface area contributed by atoms with Gasteiger partial charge in [0.15, 0.2) is 0 Å². The summed E-state index contributed by atoms with van der Waals surface area (Å²) in [6, 6.07) is 13.1. The maximum absolute atomic E-state index is 10.9. The first-order valence-electron chi connectivity index (χ1n) is 8.03. The second-order valence-corrected chi connectivity index (χ2v) is 6.25. The van der Waals surface area contributed by atoms with Crippen LogP contribution in [-0.2, 0) is 0 Å². The van der Waals surface area contributed by atoms with Crippen LogP contribution < -0.4 is 10.1 Å². The minimum Gasteiger partial charge on any atom is -0.495 e. The zero-order chi connectivity index (χ0) is 16.7. The summed E-state index contributed by atoms with van der Waals surface area (Å²) in [6.07, 6.45) is 5.49. The largest absolute Gasteiger partial charge is 0.495 e. The summed E-state index contributed by atoms with van der Waals surface area (Å²) < 4.78 is 5.52. The summed E-state index contributed by atoms with van der Waals surface area (Å²) in [5, 5.41) is 14.5. The average Bonchev–Trinajstić information content (AvgIpc) is 3.10. The van der Waals surface area contributed by atoms with Crippen LogP contribution in [-0.4, -0.2) is 12.0 Å². The molecule has 3 atom stereocenters. The monoisotopic (exact) mass is 322 g/mol. The molecule has 1 aliphatic heterocycles. The van der Waals surface area contributed by atoms with Crippen LogP contribution in [0.5, 0.6) is 5.75 Å². The van der Waals surface area contributed by atoms with E-state index in [1.165, 1.54) is 5.56 Å². The number of hydrogen-bond acceptors (Lipinski definition) is 4. The minimum atomic E-state index is -0.365. The zero-order valence-corrected chi connectivity index (χ0v) is 13.3. The molecule has 0 unspecified atom stereocenters. The predicted octanol–water partition coefficient (Wildman–Crippen LogP) is 4.43. The lowest BCUT2D eigenvalue weighted by molar-refractivity contribution is -0.384. The van der Waals surface area contributed by atoms with Crippen molar-refractivity contribution < 1.29 is 9.66 Å². The van der Waals surface area contributed by atoms with Crippen molar-refractivity contribution in [3.8, 4) is 5.75 Å². The molecule has 2 aromatic rings. The topological polar surface area (TPSA) is 64.4 Å². The van der Waals surface area contributed by atoms with E-state index in [0.717, 1.165) is 23.4 Å². The highest BCUT2D eigenvalue weighted by Crippen LogP contribution is 2.52. The number of para-hydroxylation sites is 1. The summed E-state index contributed by atoms with van der Waals surface area (Å²) in [7, 11) is 1.68. The van der Waals surface area contributed by atoms with Gasteiger partial charge in [-0.2, -0.15) is 0 Å². The number of allylic oxidation sites excluding steroid dienone is 2. The number of hydrogen-bond donors (Lipinski definition) is 1. The SMILES string of the molecule is COc1cccc2c1N[C@H](c1ccc([N+](=O)[O-])cc1)[C@H]1CC=C[C@H]21. The number of anilines is 1. The van der Waals surface area contributed by atoms with E-state index in [1.807, 2.05) is 24.3 Å². The molecule has 0 aromatic heterocycles. The molecule has 5 nitrogen and oxygen atoms in total. The number of benzene rings is 2. The molecular weight excluding hydrogens is 304 g/mol. The second-order valence-electron chi connectivity index (χ2n) is 6.25. The van der Waals surface area contributed by atoms with E-state index in [2.05, 4.69) is 23.5 Å². The highest BCUT2D eigenvalue weighted by molar-refractivity contribution is 5.67. The van der Waals surface area contributed by atoms with Crippen molar-refractivity contribution >= 4 is 11.4 Å². The number of nitro benzene ring substituents is 1. The molecule has 122 valence electrons. The Morgan fingerprint density at radius 2 is 2.00 bits per heavy atom. The summed E-state index contributed by atoms with van der Waals surface area (Å²) >= 11 is 0. The fourth-order valence-electron chi connectivity index (χ4n) is 3.90. The molecule has 0 amide bonds. The van der Waals surface area contributed by atoms with Gasteiger partial charge in [0.05, 0.1) is 23.8 Å². The highest BCUT2D eigenvalue weighted by Gasteiger charge is 2.38. The average molecular weight is 322 g/mol. The van der Waals surface area contributed by atoms with E-state index in [9.17, 15) is 10.1 Å². The second kappa shape index (κ2) is 5.67. The van der Waals surface area contributed by atoms with Gasteiger partial charge >= 0.3 is 0 Å². The van der Waals surface area contributed by atoms with Gasteiger partial charge in [-0.05, 0) is 29.5 Å². The molecule has 0 fully saturated rings. The Morgan fingerprint density at radius 3 is 2.71 bits per heavy atom. The number of rotatable bonds is 3. The van der Waals surface area contributed by atoms with Crippen LogP contribution in [0.2, 0.25) is 0 Å². The van der Waals surface area contributed by atoms with Gasteiger partial charge in [0.25, 0.3) is 5.69 Å². The number of fused-ring (bicyclic) bond motifs is 3. The lowest BCUT2D eigenvalue weighted by Crippen LogP contribution is -2.29. The summed E-state index contributed by atoms with van der Waals surface area (Å²) in [4.78, 5) is 10.5. The highest BCUT2D eigenvalue weighted by atomic mass is 16.6. The molecule has 0 spiro atoms. The maximum Gasteiger partial charge on any atom is 0.269 e. The molecular formula is C19H18N2O3. The third-order valence-corrected chi connectivity index (χ3v) is 5.04. The molecule has 24 heavy (non-hydrogen) atoms. The molecule has 0 bridgehead atoms. The van der Waals surface area contributed by atoms with Gasteiger partial charge in [-0.1, -0.05) is 36.4 Å². The van der Waals surface area contributed by atoms with E-state index < -0.39 is 0 Å². The van der Waals surface area contributed by atoms with E-state index >= 15 is 0 Å². The first kappa shape index (κ1) is 14.8. The Hall–Kier alpha value is -2.82. The molecule has 4 rings (SSSR count). The zero-order valence-electron chi connectivity index (χ0n) is 13.3. The number of methoxy groups -OCH3 is 1. The Morgan fingerprint density at radius 1 is 1.21 bits per heavy atom. The van der Waals surface area contributed by atoms with Gasteiger partial charge in [-0.3, -0.25) is 10.1 Å². The van der Waals surface area contributed by atoms with Gasteiger partial charge in [0.1, 0.15) is 5.75 Å². The Kier molecular flexibility index (Phi) is 3.49. The fourth-order valence-corrected chi connectivity index (χ4v) is 3.90. The van der Waals surface area contributed by atoms with Crippen molar-refractivity contribution in [2.45, 2.75) is 18.4 Å². The van der Waals surface area contributed by atoms with Crippen LogP contribution in [0, 0.1) is 16.0 Å². The van der Waals surface area contributed by atoms with Crippen molar-refractivity contribution in [3.05, 3.63) is 75.9 Å². The van der Waals surface area contributed by atoms with Crippen LogP contribution in [0.25, 0.3) is 0 Å². The van der Waals surface area contributed by atoms with Gasteiger partial charge in [0, 0.05) is 18.1 Å². The molecule has 5 heteroatoms. The molecule has 1 N–H and O–H groups in total. The molecule has 0 saturated heterocycles. The lowest BCUT2D eigenvalue weighted by atomic mass is 9.77. The Balaban J connectivity index is 1.76. The summed E-state index contributed by atoms with van der Waals surface area (Å²) in [6.45, 7) is 0. The number of nitro groups is 1. The van der Waals surface area contributed by atoms with Crippen molar-refractivity contribution in [1.82, 2.24) is 0 Å². The Labute approximate surface area is 140 Å². The molecule has 2 aliphatic rings. The first-order valence-corrected chi connectivity index (χ1v) is 8.03. The standard InChI is InChI=1S/C19H18N2O3/c1-24-17-7-3-6-16-14-4-2-5-15(14)18(20-19(16)17)12-8-10-13(11-9-12)21(22)23/h2-4,6-11,14-15,18,20H,5H2,1H3/t14-,15-,18+/m0/s1.